The first-order valence-corrected chi connectivity index (χ1v) is 6.49. The Hall–Kier alpha value is -0.820. The largest absolute Gasteiger partial charge is 0.317 e. The molecule has 0 fully saturated rings. The van der Waals surface area contributed by atoms with Crippen molar-refractivity contribution >= 4 is 0 Å². The van der Waals surface area contributed by atoms with Crippen molar-refractivity contribution in [2.75, 3.05) is 7.05 Å². The third kappa shape index (κ3) is 4.80. The standard InChI is InChI=1S/C15H25N/c1-4-5-6-15(16-3)12-11-14-9-7-13(2)8-10-14/h7-10,15-16H,4-6,11-12H2,1-3H3. The Morgan fingerprint density at radius 3 is 2.38 bits per heavy atom. The number of nitrogens with one attached hydrogen (secondary N) is 1. The Morgan fingerprint density at radius 2 is 1.81 bits per heavy atom. The smallest absolute Gasteiger partial charge is 0.00672 e. The minimum absolute atomic E-state index is 0.682. The quantitative estimate of drug-likeness (QED) is 0.737. The van der Waals surface area contributed by atoms with Crippen LogP contribution in [0.2, 0.25) is 0 Å². The van der Waals surface area contributed by atoms with E-state index in [0.29, 0.717) is 6.04 Å². The van der Waals surface area contributed by atoms with Gasteiger partial charge >= 0.3 is 0 Å². The molecule has 0 amide bonds. The fraction of sp³-hybridized carbons (Fsp3) is 0.600. The van der Waals surface area contributed by atoms with Crippen LogP contribution in [-0.4, -0.2) is 13.1 Å². The lowest BCUT2D eigenvalue weighted by molar-refractivity contribution is 0.471. The summed E-state index contributed by atoms with van der Waals surface area (Å²) >= 11 is 0. The highest BCUT2D eigenvalue weighted by atomic mass is 14.9. The van der Waals surface area contributed by atoms with Gasteiger partial charge in [0, 0.05) is 6.04 Å². The van der Waals surface area contributed by atoms with E-state index >= 15 is 0 Å². The lowest BCUT2D eigenvalue weighted by Gasteiger charge is -2.15. The van der Waals surface area contributed by atoms with E-state index in [2.05, 4.69) is 50.5 Å². The first-order chi connectivity index (χ1) is 7.76. The van der Waals surface area contributed by atoms with Crippen molar-refractivity contribution in [2.24, 2.45) is 0 Å². The van der Waals surface area contributed by atoms with Gasteiger partial charge in [-0.25, -0.2) is 0 Å². The van der Waals surface area contributed by atoms with Crippen molar-refractivity contribution < 1.29 is 0 Å². The number of benzene rings is 1. The van der Waals surface area contributed by atoms with Gasteiger partial charge in [-0.1, -0.05) is 49.6 Å². The van der Waals surface area contributed by atoms with Gasteiger partial charge in [0.05, 0.1) is 0 Å². The molecule has 0 heterocycles. The van der Waals surface area contributed by atoms with Gasteiger partial charge in [0.1, 0.15) is 0 Å². The van der Waals surface area contributed by atoms with Crippen molar-refractivity contribution in [3.05, 3.63) is 35.4 Å². The van der Waals surface area contributed by atoms with E-state index in [4.69, 9.17) is 0 Å². The average molecular weight is 219 g/mol. The topological polar surface area (TPSA) is 12.0 Å². The fourth-order valence-corrected chi connectivity index (χ4v) is 1.98. The molecule has 90 valence electrons. The number of unbranched alkanes of at least 4 members (excludes halogenated alkanes) is 1. The lowest BCUT2D eigenvalue weighted by atomic mass is 10.0. The molecule has 1 aromatic carbocycles. The molecular weight excluding hydrogens is 194 g/mol. The Morgan fingerprint density at radius 1 is 1.12 bits per heavy atom. The molecule has 1 nitrogen and oxygen atoms in total. The van der Waals surface area contributed by atoms with E-state index in [0.717, 1.165) is 0 Å². The number of aryl methyl sites for hydroxylation is 2. The summed E-state index contributed by atoms with van der Waals surface area (Å²) in [6.07, 6.45) is 6.37. The number of rotatable bonds is 7. The zero-order valence-corrected chi connectivity index (χ0v) is 10.9. The Kier molecular flexibility index (Phi) is 6.17. The molecule has 1 N–H and O–H groups in total. The highest BCUT2D eigenvalue weighted by molar-refractivity contribution is 5.21. The van der Waals surface area contributed by atoms with Crippen LogP contribution in [0.4, 0.5) is 0 Å². The van der Waals surface area contributed by atoms with Gasteiger partial charge in [0.15, 0.2) is 0 Å². The van der Waals surface area contributed by atoms with Crippen LogP contribution in [0.25, 0.3) is 0 Å². The molecule has 0 saturated heterocycles. The van der Waals surface area contributed by atoms with E-state index in [1.807, 2.05) is 0 Å². The first kappa shape index (κ1) is 13.2. The molecule has 1 rings (SSSR count). The maximum absolute atomic E-state index is 3.42. The van der Waals surface area contributed by atoms with Gasteiger partial charge in [-0.05, 0) is 38.8 Å². The Balaban J connectivity index is 2.34. The van der Waals surface area contributed by atoms with Gasteiger partial charge in [-0.3, -0.25) is 0 Å². The predicted octanol–water partition coefficient (Wildman–Crippen LogP) is 3.71. The molecule has 0 aliphatic carbocycles. The third-order valence-electron chi connectivity index (χ3n) is 3.22. The van der Waals surface area contributed by atoms with Crippen LogP contribution in [0, 0.1) is 6.92 Å². The molecule has 0 aromatic heterocycles. The normalized spacial score (nSPS) is 12.7. The highest BCUT2D eigenvalue weighted by Crippen LogP contribution is 2.10. The van der Waals surface area contributed by atoms with Gasteiger partial charge < -0.3 is 5.32 Å². The van der Waals surface area contributed by atoms with Crippen LogP contribution in [-0.2, 0) is 6.42 Å². The van der Waals surface area contributed by atoms with Gasteiger partial charge in [0.2, 0.25) is 0 Å². The average Bonchev–Trinajstić information content (AvgIpc) is 2.32. The summed E-state index contributed by atoms with van der Waals surface area (Å²) in [5, 5.41) is 3.42. The first-order valence-electron chi connectivity index (χ1n) is 6.49. The second-order valence-electron chi connectivity index (χ2n) is 4.65. The van der Waals surface area contributed by atoms with Crippen molar-refractivity contribution in [2.45, 2.75) is 52.0 Å². The SMILES string of the molecule is CCCCC(CCc1ccc(C)cc1)NC. The summed E-state index contributed by atoms with van der Waals surface area (Å²) in [5.41, 5.74) is 2.81. The Bertz CT molecular complexity index is 276. The monoisotopic (exact) mass is 219 g/mol. The maximum Gasteiger partial charge on any atom is 0.00672 e. The molecule has 1 unspecified atom stereocenters. The zero-order valence-electron chi connectivity index (χ0n) is 10.9. The summed E-state index contributed by atoms with van der Waals surface area (Å²) in [7, 11) is 2.08. The van der Waals surface area contributed by atoms with Gasteiger partial charge in [-0.2, -0.15) is 0 Å². The van der Waals surface area contributed by atoms with Crippen LogP contribution in [0.15, 0.2) is 24.3 Å². The zero-order chi connectivity index (χ0) is 11.8. The van der Waals surface area contributed by atoms with Crippen molar-refractivity contribution in [3.63, 3.8) is 0 Å². The van der Waals surface area contributed by atoms with Crippen LogP contribution >= 0.6 is 0 Å². The molecular formula is C15H25N. The number of hydrogen-bond acceptors (Lipinski definition) is 1. The van der Waals surface area contributed by atoms with Crippen LogP contribution in [0.1, 0.15) is 43.7 Å². The van der Waals surface area contributed by atoms with E-state index < -0.39 is 0 Å². The molecule has 0 aliphatic rings. The van der Waals surface area contributed by atoms with Gasteiger partial charge in [0.25, 0.3) is 0 Å². The molecule has 16 heavy (non-hydrogen) atoms. The summed E-state index contributed by atoms with van der Waals surface area (Å²) in [6.45, 7) is 4.40. The minimum Gasteiger partial charge on any atom is -0.317 e. The molecule has 1 heteroatoms. The van der Waals surface area contributed by atoms with E-state index in [9.17, 15) is 0 Å². The van der Waals surface area contributed by atoms with Crippen molar-refractivity contribution in [1.82, 2.24) is 5.32 Å². The molecule has 0 radical (unpaired) electrons. The van der Waals surface area contributed by atoms with Crippen molar-refractivity contribution in [1.29, 1.82) is 0 Å². The van der Waals surface area contributed by atoms with Crippen LogP contribution in [0.5, 0.6) is 0 Å². The molecule has 1 atom stereocenters. The maximum atomic E-state index is 3.42. The summed E-state index contributed by atoms with van der Waals surface area (Å²) in [6, 6.07) is 9.59. The number of hydrogen-bond donors (Lipinski definition) is 1. The third-order valence-corrected chi connectivity index (χ3v) is 3.22. The van der Waals surface area contributed by atoms with E-state index in [1.54, 1.807) is 0 Å². The van der Waals surface area contributed by atoms with Crippen LogP contribution in [0.3, 0.4) is 0 Å². The second-order valence-corrected chi connectivity index (χ2v) is 4.65. The second kappa shape index (κ2) is 7.45. The highest BCUT2D eigenvalue weighted by Gasteiger charge is 2.05. The predicted molar refractivity (Wildman–Crippen MR) is 71.9 cm³/mol. The fourth-order valence-electron chi connectivity index (χ4n) is 1.98. The van der Waals surface area contributed by atoms with E-state index in [-0.39, 0.29) is 0 Å². The van der Waals surface area contributed by atoms with Crippen LogP contribution < -0.4 is 5.32 Å². The summed E-state index contributed by atoms with van der Waals surface area (Å²) in [5.74, 6) is 0. The van der Waals surface area contributed by atoms with E-state index in [1.165, 1.54) is 43.2 Å². The molecule has 0 bridgehead atoms. The lowest BCUT2D eigenvalue weighted by Crippen LogP contribution is -2.25. The summed E-state index contributed by atoms with van der Waals surface area (Å²) < 4.78 is 0. The van der Waals surface area contributed by atoms with Crippen molar-refractivity contribution in [3.8, 4) is 0 Å². The molecule has 0 saturated carbocycles. The summed E-state index contributed by atoms with van der Waals surface area (Å²) in [4.78, 5) is 0. The molecule has 1 aromatic rings. The van der Waals surface area contributed by atoms with Gasteiger partial charge in [-0.15, -0.1) is 0 Å². The molecule has 0 spiro atoms. The molecule has 0 aliphatic heterocycles. The minimum atomic E-state index is 0.682. The Labute approximate surface area is 100 Å².